The van der Waals surface area contributed by atoms with Gasteiger partial charge in [-0.3, -0.25) is 4.79 Å². The molecule has 2 aromatic heterocycles. The minimum Gasteiger partial charge on any atom is -0.472 e. The van der Waals surface area contributed by atoms with Crippen LogP contribution < -0.4 is 10.1 Å². The van der Waals surface area contributed by atoms with Crippen molar-refractivity contribution in [3.05, 3.63) is 42.0 Å². The topological polar surface area (TPSA) is 77.2 Å². The van der Waals surface area contributed by atoms with Crippen LogP contribution >= 0.6 is 0 Å². The molecule has 9 heteroatoms. The highest BCUT2D eigenvalue weighted by Crippen LogP contribution is 2.16. The molecule has 1 amide bonds. The van der Waals surface area contributed by atoms with Gasteiger partial charge in [-0.2, -0.15) is 18.3 Å². The highest BCUT2D eigenvalue weighted by atomic mass is 19.4. The molecule has 0 aliphatic heterocycles. The van der Waals surface area contributed by atoms with Gasteiger partial charge in [0.25, 0.3) is 0 Å². The zero-order chi connectivity index (χ0) is 16.0. The summed E-state index contributed by atoms with van der Waals surface area (Å²) in [6, 6.07) is 4.36. The summed E-state index contributed by atoms with van der Waals surface area (Å²) < 4.78 is 45.1. The average Bonchev–Trinajstić information content (AvgIpc) is 2.96. The van der Waals surface area contributed by atoms with Gasteiger partial charge in [0.05, 0.1) is 31.2 Å². The van der Waals surface area contributed by atoms with Crippen LogP contribution in [0.15, 0.2) is 35.1 Å². The van der Waals surface area contributed by atoms with Gasteiger partial charge in [0.2, 0.25) is 11.8 Å². The molecule has 2 heterocycles. The number of hydrogen-bond donors (Lipinski definition) is 1. The second kappa shape index (κ2) is 6.92. The first-order valence-electron chi connectivity index (χ1n) is 6.22. The number of rotatable bonds is 6. The number of carbonyl (C=O) groups excluding carboxylic acids is 1. The lowest BCUT2D eigenvalue weighted by Crippen LogP contribution is -2.25. The molecule has 0 unspecified atom stereocenters. The fourth-order valence-electron chi connectivity index (χ4n) is 1.50. The van der Waals surface area contributed by atoms with Crippen molar-refractivity contribution < 1.29 is 27.1 Å². The van der Waals surface area contributed by atoms with E-state index in [1.165, 1.54) is 24.7 Å². The Morgan fingerprint density at radius 1 is 1.27 bits per heavy atom. The Bertz CT molecular complexity index is 597. The Morgan fingerprint density at radius 2 is 2.09 bits per heavy atom. The molecule has 0 radical (unpaired) electrons. The number of nitrogens with one attached hydrogen (secondary N) is 1. The van der Waals surface area contributed by atoms with Crippen molar-refractivity contribution in [3.8, 4) is 5.88 Å². The van der Waals surface area contributed by atoms with Crippen LogP contribution in [0.2, 0.25) is 0 Å². The Hall–Kier alpha value is -2.58. The largest absolute Gasteiger partial charge is 0.472 e. The third-order valence-corrected chi connectivity index (χ3v) is 2.49. The summed E-state index contributed by atoms with van der Waals surface area (Å²) in [5.74, 6) is -0.466. The third-order valence-electron chi connectivity index (χ3n) is 2.49. The van der Waals surface area contributed by atoms with Gasteiger partial charge in [0, 0.05) is 6.07 Å². The number of halogens is 3. The molecule has 22 heavy (non-hydrogen) atoms. The van der Waals surface area contributed by atoms with Crippen LogP contribution in [0.5, 0.6) is 5.88 Å². The van der Waals surface area contributed by atoms with Gasteiger partial charge in [0.1, 0.15) is 0 Å². The fraction of sp³-hybridized carbons (Fsp3) is 0.308. The number of amides is 1. The maximum absolute atomic E-state index is 12.0. The lowest BCUT2D eigenvalue weighted by Gasteiger charge is -2.08. The SMILES string of the molecule is O=C(Cc1ccoc1)NCc1ccc(OCC(F)(F)F)nn1. The summed E-state index contributed by atoms with van der Waals surface area (Å²) >= 11 is 0. The second-order valence-corrected chi connectivity index (χ2v) is 4.35. The van der Waals surface area contributed by atoms with Crippen LogP contribution in [-0.4, -0.2) is 28.9 Å². The fourth-order valence-corrected chi connectivity index (χ4v) is 1.50. The molecule has 0 fully saturated rings. The molecule has 6 nitrogen and oxygen atoms in total. The van der Waals surface area contributed by atoms with Gasteiger partial charge < -0.3 is 14.5 Å². The number of nitrogens with zero attached hydrogens (tertiary/aromatic N) is 2. The molecular formula is C13H12F3N3O3. The highest BCUT2D eigenvalue weighted by molar-refractivity contribution is 5.78. The van der Waals surface area contributed by atoms with Gasteiger partial charge in [-0.05, 0) is 17.7 Å². The lowest BCUT2D eigenvalue weighted by molar-refractivity contribution is -0.154. The van der Waals surface area contributed by atoms with Crippen molar-refractivity contribution in [2.24, 2.45) is 0 Å². The Balaban J connectivity index is 1.77. The summed E-state index contributed by atoms with van der Waals surface area (Å²) in [5, 5.41) is 9.78. The maximum atomic E-state index is 12.0. The van der Waals surface area contributed by atoms with E-state index < -0.39 is 12.8 Å². The minimum atomic E-state index is -4.43. The molecule has 2 aromatic rings. The highest BCUT2D eigenvalue weighted by Gasteiger charge is 2.28. The molecule has 0 saturated heterocycles. The zero-order valence-corrected chi connectivity index (χ0v) is 11.3. The summed E-state index contributed by atoms with van der Waals surface area (Å²) in [7, 11) is 0. The average molecular weight is 315 g/mol. The summed E-state index contributed by atoms with van der Waals surface area (Å²) in [4.78, 5) is 11.6. The van der Waals surface area contributed by atoms with Gasteiger partial charge in [-0.25, -0.2) is 0 Å². The van der Waals surface area contributed by atoms with E-state index >= 15 is 0 Å². The van der Waals surface area contributed by atoms with Crippen LogP contribution in [0.4, 0.5) is 13.2 Å². The van der Waals surface area contributed by atoms with Gasteiger partial charge in [0.15, 0.2) is 6.61 Å². The van der Waals surface area contributed by atoms with E-state index in [2.05, 4.69) is 20.3 Å². The van der Waals surface area contributed by atoms with E-state index in [-0.39, 0.29) is 24.8 Å². The van der Waals surface area contributed by atoms with Crippen molar-refractivity contribution in [2.75, 3.05) is 6.61 Å². The van der Waals surface area contributed by atoms with Crippen molar-refractivity contribution in [2.45, 2.75) is 19.1 Å². The Labute approximate surface area is 123 Å². The predicted octanol–water partition coefficient (Wildman–Crippen LogP) is 1.87. The molecule has 0 saturated carbocycles. The van der Waals surface area contributed by atoms with Crippen LogP contribution in [-0.2, 0) is 17.8 Å². The first-order chi connectivity index (χ1) is 10.4. The van der Waals surface area contributed by atoms with Crippen molar-refractivity contribution in [1.82, 2.24) is 15.5 Å². The van der Waals surface area contributed by atoms with Gasteiger partial charge >= 0.3 is 6.18 Å². The van der Waals surface area contributed by atoms with E-state index in [1.54, 1.807) is 6.07 Å². The molecule has 0 aliphatic carbocycles. The van der Waals surface area contributed by atoms with E-state index in [0.717, 1.165) is 5.56 Å². The number of carbonyl (C=O) groups is 1. The van der Waals surface area contributed by atoms with Crippen LogP contribution in [0.3, 0.4) is 0 Å². The number of aromatic nitrogens is 2. The number of ether oxygens (including phenoxy) is 1. The Kier molecular flexibility index (Phi) is 4.97. The summed E-state index contributed by atoms with van der Waals surface area (Å²) in [6.07, 6.45) is -1.34. The van der Waals surface area contributed by atoms with Crippen LogP contribution in [0.25, 0.3) is 0 Å². The molecule has 0 atom stereocenters. The van der Waals surface area contributed by atoms with E-state index in [1.807, 2.05) is 0 Å². The van der Waals surface area contributed by atoms with E-state index in [0.29, 0.717) is 5.69 Å². The standard InChI is InChI=1S/C13H12F3N3O3/c14-13(15,16)8-22-12-2-1-10(18-19-12)6-17-11(20)5-9-3-4-21-7-9/h1-4,7H,5-6,8H2,(H,17,20). The molecular weight excluding hydrogens is 303 g/mol. The van der Waals surface area contributed by atoms with E-state index in [9.17, 15) is 18.0 Å². The lowest BCUT2D eigenvalue weighted by atomic mass is 10.2. The quantitative estimate of drug-likeness (QED) is 0.880. The molecule has 0 bridgehead atoms. The summed E-state index contributed by atoms with van der Waals surface area (Å²) in [5.41, 5.74) is 1.14. The molecule has 0 aliphatic rings. The van der Waals surface area contributed by atoms with Crippen LogP contribution in [0.1, 0.15) is 11.3 Å². The smallest absolute Gasteiger partial charge is 0.422 e. The molecule has 0 spiro atoms. The monoisotopic (exact) mass is 315 g/mol. The molecule has 118 valence electrons. The van der Waals surface area contributed by atoms with Crippen LogP contribution in [0, 0.1) is 0 Å². The number of furan rings is 1. The second-order valence-electron chi connectivity index (χ2n) is 4.35. The third kappa shape index (κ3) is 5.43. The maximum Gasteiger partial charge on any atom is 0.422 e. The Morgan fingerprint density at radius 3 is 2.68 bits per heavy atom. The van der Waals surface area contributed by atoms with Gasteiger partial charge in [-0.1, -0.05) is 0 Å². The van der Waals surface area contributed by atoms with Crippen molar-refractivity contribution >= 4 is 5.91 Å². The molecule has 2 rings (SSSR count). The number of hydrogen-bond acceptors (Lipinski definition) is 5. The minimum absolute atomic E-state index is 0.114. The molecule has 0 aromatic carbocycles. The predicted molar refractivity (Wildman–Crippen MR) is 67.8 cm³/mol. The summed E-state index contributed by atoms with van der Waals surface area (Å²) in [6.45, 7) is -1.31. The zero-order valence-electron chi connectivity index (χ0n) is 11.3. The van der Waals surface area contributed by atoms with Gasteiger partial charge in [-0.15, -0.1) is 5.10 Å². The molecule has 1 N–H and O–H groups in total. The normalized spacial score (nSPS) is 11.2. The van der Waals surface area contributed by atoms with Crippen molar-refractivity contribution in [3.63, 3.8) is 0 Å². The first kappa shape index (κ1) is 15.8. The number of alkyl halides is 3. The van der Waals surface area contributed by atoms with E-state index in [4.69, 9.17) is 4.42 Å². The van der Waals surface area contributed by atoms with Crippen molar-refractivity contribution in [1.29, 1.82) is 0 Å². The first-order valence-corrected chi connectivity index (χ1v) is 6.22.